The standard InChI is InChI=1S/C13H9BrF3NO2S/c1-21(19,20)10-4-2-3-8(5-10)11-6-9(13(15,16)17)7-18-12(11)14/h2-7H,1H3. The molecular formula is C13H9BrF3NO2S. The Morgan fingerprint density at radius 2 is 1.86 bits per heavy atom. The molecule has 0 N–H and O–H groups in total. The molecule has 0 saturated carbocycles. The number of benzene rings is 1. The fraction of sp³-hybridized carbons (Fsp3) is 0.154. The molecule has 21 heavy (non-hydrogen) atoms. The number of nitrogens with zero attached hydrogens (tertiary/aromatic N) is 1. The van der Waals surface area contributed by atoms with Gasteiger partial charge in [0.15, 0.2) is 9.84 Å². The number of aromatic nitrogens is 1. The number of rotatable bonds is 2. The summed E-state index contributed by atoms with van der Waals surface area (Å²) in [5, 5.41) is 0. The summed E-state index contributed by atoms with van der Waals surface area (Å²) in [6, 6.07) is 6.62. The maximum absolute atomic E-state index is 12.7. The zero-order chi connectivity index (χ0) is 15.8. The van der Waals surface area contributed by atoms with Gasteiger partial charge in [-0.15, -0.1) is 0 Å². The van der Waals surface area contributed by atoms with Crippen molar-refractivity contribution in [2.75, 3.05) is 6.26 Å². The average Bonchev–Trinajstić information content (AvgIpc) is 2.37. The number of hydrogen-bond donors (Lipinski definition) is 0. The van der Waals surface area contributed by atoms with Crippen LogP contribution >= 0.6 is 15.9 Å². The summed E-state index contributed by atoms with van der Waals surface area (Å²) in [5.74, 6) is 0. The van der Waals surface area contributed by atoms with Crippen molar-refractivity contribution in [1.29, 1.82) is 0 Å². The highest BCUT2D eigenvalue weighted by Gasteiger charge is 2.31. The van der Waals surface area contributed by atoms with Crippen molar-refractivity contribution in [3.05, 3.63) is 46.7 Å². The van der Waals surface area contributed by atoms with E-state index in [-0.39, 0.29) is 15.1 Å². The average molecular weight is 380 g/mol. The van der Waals surface area contributed by atoms with E-state index in [1.165, 1.54) is 24.3 Å². The van der Waals surface area contributed by atoms with Crippen molar-refractivity contribution < 1.29 is 21.6 Å². The third-order valence-corrected chi connectivity index (χ3v) is 4.48. The minimum Gasteiger partial charge on any atom is -0.248 e. The third-order valence-electron chi connectivity index (χ3n) is 2.74. The van der Waals surface area contributed by atoms with Crippen LogP contribution in [0, 0.1) is 0 Å². The van der Waals surface area contributed by atoms with Gasteiger partial charge in [-0.25, -0.2) is 13.4 Å². The monoisotopic (exact) mass is 379 g/mol. The summed E-state index contributed by atoms with van der Waals surface area (Å²) in [6.45, 7) is 0. The van der Waals surface area contributed by atoms with E-state index >= 15 is 0 Å². The maximum atomic E-state index is 12.7. The predicted molar refractivity (Wildman–Crippen MR) is 75.5 cm³/mol. The molecule has 0 saturated heterocycles. The molecule has 0 unspecified atom stereocenters. The van der Waals surface area contributed by atoms with Crippen molar-refractivity contribution in [1.82, 2.24) is 4.98 Å². The van der Waals surface area contributed by atoms with Crippen LogP contribution in [0.5, 0.6) is 0 Å². The molecular weight excluding hydrogens is 371 g/mol. The highest BCUT2D eigenvalue weighted by molar-refractivity contribution is 9.10. The predicted octanol–water partition coefficient (Wildman–Crippen LogP) is 3.93. The van der Waals surface area contributed by atoms with Crippen LogP contribution in [0.2, 0.25) is 0 Å². The SMILES string of the molecule is CS(=O)(=O)c1cccc(-c2cc(C(F)(F)F)cnc2Br)c1. The van der Waals surface area contributed by atoms with Gasteiger partial charge in [-0.3, -0.25) is 0 Å². The van der Waals surface area contributed by atoms with Gasteiger partial charge < -0.3 is 0 Å². The number of halogens is 4. The highest BCUT2D eigenvalue weighted by Crippen LogP contribution is 2.35. The molecule has 0 atom stereocenters. The fourth-order valence-electron chi connectivity index (χ4n) is 1.70. The Kier molecular flexibility index (Phi) is 4.12. The summed E-state index contributed by atoms with van der Waals surface area (Å²) in [6.07, 6.45) is -2.77. The van der Waals surface area contributed by atoms with E-state index in [1.807, 2.05) is 0 Å². The van der Waals surface area contributed by atoms with E-state index in [2.05, 4.69) is 20.9 Å². The molecule has 0 aliphatic rings. The molecule has 112 valence electrons. The number of sulfone groups is 1. The Balaban J connectivity index is 2.62. The largest absolute Gasteiger partial charge is 0.417 e. The molecule has 2 aromatic rings. The first-order valence-electron chi connectivity index (χ1n) is 5.62. The Bertz CT molecular complexity index is 788. The van der Waals surface area contributed by atoms with Crippen molar-refractivity contribution in [2.24, 2.45) is 0 Å². The van der Waals surface area contributed by atoms with Gasteiger partial charge in [0.1, 0.15) is 4.60 Å². The molecule has 3 nitrogen and oxygen atoms in total. The van der Waals surface area contributed by atoms with Gasteiger partial charge in [0.25, 0.3) is 0 Å². The maximum Gasteiger partial charge on any atom is 0.417 e. The topological polar surface area (TPSA) is 47.0 Å². The molecule has 2 rings (SSSR count). The molecule has 1 heterocycles. The first-order valence-corrected chi connectivity index (χ1v) is 8.31. The van der Waals surface area contributed by atoms with Gasteiger partial charge >= 0.3 is 6.18 Å². The van der Waals surface area contributed by atoms with Crippen molar-refractivity contribution in [3.63, 3.8) is 0 Å². The first-order chi connectivity index (χ1) is 9.59. The lowest BCUT2D eigenvalue weighted by Crippen LogP contribution is -2.06. The summed E-state index contributed by atoms with van der Waals surface area (Å²) in [5.41, 5.74) is -0.385. The van der Waals surface area contributed by atoms with E-state index in [9.17, 15) is 21.6 Å². The highest BCUT2D eigenvalue weighted by atomic mass is 79.9. The van der Waals surface area contributed by atoms with Crippen molar-refractivity contribution in [2.45, 2.75) is 11.1 Å². The zero-order valence-corrected chi connectivity index (χ0v) is 13.1. The van der Waals surface area contributed by atoms with Crippen LogP contribution in [-0.2, 0) is 16.0 Å². The summed E-state index contributed by atoms with van der Waals surface area (Å²) < 4.78 is 61.4. The van der Waals surface area contributed by atoms with Crippen LogP contribution in [0.4, 0.5) is 13.2 Å². The molecule has 0 aliphatic carbocycles. The van der Waals surface area contributed by atoms with Gasteiger partial charge in [-0.2, -0.15) is 13.2 Å². The Morgan fingerprint density at radius 1 is 1.19 bits per heavy atom. The van der Waals surface area contributed by atoms with E-state index in [0.717, 1.165) is 12.3 Å². The molecule has 8 heteroatoms. The van der Waals surface area contributed by atoms with Gasteiger partial charge in [0.2, 0.25) is 0 Å². The molecule has 1 aromatic heterocycles. The number of alkyl halides is 3. The van der Waals surface area contributed by atoms with E-state index in [0.29, 0.717) is 11.8 Å². The lowest BCUT2D eigenvalue weighted by Gasteiger charge is -2.10. The Morgan fingerprint density at radius 3 is 2.43 bits per heavy atom. The lowest BCUT2D eigenvalue weighted by molar-refractivity contribution is -0.137. The molecule has 0 amide bonds. The van der Waals surface area contributed by atoms with Gasteiger partial charge in [-0.1, -0.05) is 12.1 Å². The second-order valence-corrected chi connectivity index (χ2v) is 7.13. The van der Waals surface area contributed by atoms with Gasteiger partial charge in [0, 0.05) is 18.0 Å². The van der Waals surface area contributed by atoms with E-state index in [4.69, 9.17) is 0 Å². The second kappa shape index (κ2) is 5.42. The molecule has 0 spiro atoms. The van der Waals surface area contributed by atoms with Crippen LogP contribution in [0.3, 0.4) is 0 Å². The van der Waals surface area contributed by atoms with E-state index < -0.39 is 21.6 Å². The normalized spacial score (nSPS) is 12.4. The minimum atomic E-state index is -4.52. The third kappa shape index (κ3) is 3.62. The van der Waals surface area contributed by atoms with Gasteiger partial charge in [-0.05, 0) is 39.7 Å². The molecule has 1 aromatic carbocycles. The van der Waals surface area contributed by atoms with Crippen LogP contribution in [-0.4, -0.2) is 19.7 Å². The van der Waals surface area contributed by atoms with Crippen molar-refractivity contribution >= 4 is 25.8 Å². The molecule has 0 fully saturated rings. The smallest absolute Gasteiger partial charge is 0.248 e. The zero-order valence-electron chi connectivity index (χ0n) is 10.6. The number of hydrogen-bond acceptors (Lipinski definition) is 3. The van der Waals surface area contributed by atoms with Crippen molar-refractivity contribution in [3.8, 4) is 11.1 Å². The Hall–Kier alpha value is -1.41. The summed E-state index contributed by atoms with van der Waals surface area (Å²) in [4.78, 5) is 3.69. The molecule has 0 aliphatic heterocycles. The molecule has 0 bridgehead atoms. The fourth-order valence-corrected chi connectivity index (χ4v) is 2.81. The summed E-state index contributed by atoms with van der Waals surface area (Å²) in [7, 11) is -3.44. The minimum absolute atomic E-state index is 0.0318. The lowest BCUT2D eigenvalue weighted by atomic mass is 10.1. The molecule has 0 radical (unpaired) electrons. The first kappa shape index (κ1) is 16.0. The van der Waals surface area contributed by atoms with E-state index in [1.54, 1.807) is 0 Å². The van der Waals surface area contributed by atoms with Crippen LogP contribution in [0.15, 0.2) is 46.0 Å². The second-order valence-electron chi connectivity index (χ2n) is 4.36. The van der Waals surface area contributed by atoms with Crippen LogP contribution in [0.1, 0.15) is 5.56 Å². The van der Waals surface area contributed by atoms with Crippen LogP contribution < -0.4 is 0 Å². The van der Waals surface area contributed by atoms with Gasteiger partial charge in [0.05, 0.1) is 10.5 Å². The van der Waals surface area contributed by atoms with Crippen LogP contribution in [0.25, 0.3) is 11.1 Å². The summed E-state index contributed by atoms with van der Waals surface area (Å²) >= 11 is 3.08. The quantitative estimate of drug-likeness (QED) is 0.742. The number of pyridine rings is 1. The Labute approximate surface area is 127 Å².